The van der Waals surface area contributed by atoms with Gasteiger partial charge in [0.05, 0.1) is 11.7 Å². The van der Waals surface area contributed by atoms with E-state index in [-0.39, 0.29) is 18.2 Å². The molecule has 1 heterocycles. The maximum atomic E-state index is 12.8. The molecule has 0 aliphatic carbocycles. The van der Waals surface area contributed by atoms with Gasteiger partial charge in [0.15, 0.2) is 0 Å². The first-order valence-electron chi connectivity index (χ1n) is 9.04. The number of nitrogens with one attached hydrogen (secondary N) is 1. The molecule has 2 aromatic rings. The lowest BCUT2D eigenvalue weighted by molar-refractivity contribution is -0.120. The number of carbonyl (C=O) groups is 1. The summed E-state index contributed by atoms with van der Waals surface area (Å²) in [4.78, 5) is 12.7. The monoisotopic (exact) mass is 440 g/mol. The average molecular weight is 441 g/mol. The van der Waals surface area contributed by atoms with Gasteiger partial charge in [0, 0.05) is 28.8 Å². The van der Waals surface area contributed by atoms with Crippen LogP contribution < -0.4 is 5.32 Å². The fraction of sp³-hybridized carbons (Fsp3) is 0.350. The van der Waals surface area contributed by atoms with Crippen LogP contribution in [-0.2, 0) is 20.6 Å². The van der Waals surface area contributed by atoms with Gasteiger partial charge in [-0.15, -0.1) is 0 Å². The second-order valence-corrected chi connectivity index (χ2v) is 9.87. The SMILES string of the molecule is Cc1cc(Cl)ccc1NC(=O)[C@@H]1CCCN(S(=O)(=O)Cc2cccc(Cl)c2)C1. The zero-order chi connectivity index (χ0) is 20.3. The predicted octanol–water partition coefficient (Wildman–Crippen LogP) is 4.48. The quantitative estimate of drug-likeness (QED) is 0.744. The largest absolute Gasteiger partial charge is 0.326 e. The van der Waals surface area contributed by atoms with E-state index in [1.807, 2.05) is 6.92 Å². The van der Waals surface area contributed by atoms with E-state index in [9.17, 15) is 13.2 Å². The number of sulfonamides is 1. The van der Waals surface area contributed by atoms with Crippen molar-refractivity contribution in [3.63, 3.8) is 0 Å². The fourth-order valence-corrected chi connectivity index (χ4v) is 5.38. The number of halogens is 2. The maximum absolute atomic E-state index is 12.8. The van der Waals surface area contributed by atoms with Crippen LogP contribution in [0.2, 0.25) is 10.0 Å². The van der Waals surface area contributed by atoms with Gasteiger partial charge < -0.3 is 5.32 Å². The van der Waals surface area contributed by atoms with E-state index in [2.05, 4.69) is 5.32 Å². The van der Waals surface area contributed by atoms with Crippen LogP contribution in [0.4, 0.5) is 5.69 Å². The van der Waals surface area contributed by atoms with Crippen LogP contribution in [0.15, 0.2) is 42.5 Å². The third kappa shape index (κ3) is 5.26. The van der Waals surface area contributed by atoms with Crippen molar-refractivity contribution in [1.82, 2.24) is 4.31 Å². The molecule has 1 atom stereocenters. The number of aryl methyl sites for hydroxylation is 1. The molecule has 0 aromatic heterocycles. The van der Waals surface area contributed by atoms with Gasteiger partial charge in [-0.1, -0.05) is 35.3 Å². The average Bonchev–Trinajstić information content (AvgIpc) is 2.64. The number of benzene rings is 2. The van der Waals surface area contributed by atoms with Crippen molar-refractivity contribution in [2.75, 3.05) is 18.4 Å². The van der Waals surface area contributed by atoms with E-state index in [1.165, 1.54) is 4.31 Å². The summed E-state index contributed by atoms with van der Waals surface area (Å²) >= 11 is 11.9. The summed E-state index contributed by atoms with van der Waals surface area (Å²) < 4.78 is 27.1. The minimum Gasteiger partial charge on any atom is -0.326 e. The lowest BCUT2D eigenvalue weighted by Gasteiger charge is -2.31. The Morgan fingerprint density at radius 2 is 1.93 bits per heavy atom. The second-order valence-electron chi connectivity index (χ2n) is 7.03. The van der Waals surface area contributed by atoms with E-state index in [0.717, 1.165) is 5.56 Å². The van der Waals surface area contributed by atoms with Crippen molar-refractivity contribution in [2.24, 2.45) is 5.92 Å². The smallest absolute Gasteiger partial charge is 0.228 e. The number of hydrogen-bond acceptors (Lipinski definition) is 3. The summed E-state index contributed by atoms with van der Waals surface area (Å²) in [5.74, 6) is -0.691. The van der Waals surface area contributed by atoms with Crippen LogP contribution in [0.25, 0.3) is 0 Å². The first-order chi connectivity index (χ1) is 13.2. The van der Waals surface area contributed by atoms with Crippen molar-refractivity contribution >= 4 is 44.8 Å². The minimum atomic E-state index is -3.53. The third-order valence-electron chi connectivity index (χ3n) is 4.83. The molecular weight excluding hydrogens is 419 g/mol. The number of anilines is 1. The zero-order valence-corrected chi connectivity index (χ0v) is 17.8. The molecule has 0 saturated carbocycles. The Hall–Kier alpha value is -1.60. The van der Waals surface area contributed by atoms with E-state index in [0.29, 0.717) is 40.7 Å². The molecule has 3 rings (SSSR count). The lowest BCUT2D eigenvalue weighted by Crippen LogP contribution is -2.44. The number of rotatable bonds is 5. The first kappa shape index (κ1) is 21.1. The van der Waals surface area contributed by atoms with E-state index in [1.54, 1.807) is 42.5 Å². The second kappa shape index (κ2) is 8.82. The molecule has 1 saturated heterocycles. The molecule has 1 N–H and O–H groups in total. The summed E-state index contributed by atoms with van der Waals surface area (Å²) in [5, 5.41) is 4.00. The van der Waals surface area contributed by atoms with Gasteiger partial charge in [-0.2, -0.15) is 0 Å². The predicted molar refractivity (Wildman–Crippen MR) is 113 cm³/mol. The molecule has 1 aliphatic heterocycles. The van der Waals surface area contributed by atoms with Gasteiger partial charge in [-0.25, -0.2) is 12.7 Å². The molecule has 1 fully saturated rings. The van der Waals surface area contributed by atoms with Crippen molar-refractivity contribution in [3.8, 4) is 0 Å². The normalized spacial score (nSPS) is 18.0. The maximum Gasteiger partial charge on any atom is 0.228 e. The van der Waals surface area contributed by atoms with Crippen LogP contribution in [0.3, 0.4) is 0 Å². The molecular formula is C20H22Cl2N2O3S. The Morgan fingerprint density at radius 1 is 1.18 bits per heavy atom. The number of amides is 1. The Kier molecular flexibility index (Phi) is 6.65. The van der Waals surface area contributed by atoms with Crippen molar-refractivity contribution in [1.29, 1.82) is 0 Å². The van der Waals surface area contributed by atoms with E-state index < -0.39 is 15.9 Å². The van der Waals surface area contributed by atoms with Crippen LogP contribution in [0.1, 0.15) is 24.0 Å². The highest BCUT2D eigenvalue weighted by molar-refractivity contribution is 7.88. The summed E-state index contributed by atoms with van der Waals surface area (Å²) in [6.07, 6.45) is 1.30. The van der Waals surface area contributed by atoms with Crippen LogP contribution in [-0.4, -0.2) is 31.7 Å². The minimum absolute atomic E-state index is 0.127. The molecule has 5 nitrogen and oxygen atoms in total. The van der Waals surface area contributed by atoms with Gasteiger partial charge in [-0.3, -0.25) is 4.79 Å². The molecule has 0 radical (unpaired) electrons. The summed E-state index contributed by atoms with van der Waals surface area (Å²) in [5.41, 5.74) is 2.19. The van der Waals surface area contributed by atoms with Crippen LogP contribution in [0.5, 0.6) is 0 Å². The molecule has 0 bridgehead atoms. The molecule has 1 amide bonds. The van der Waals surface area contributed by atoms with Crippen LogP contribution >= 0.6 is 23.2 Å². The van der Waals surface area contributed by atoms with Crippen molar-refractivity contribution < 1.29 is 13.2 Å². The van der Waals surface area contributed by atoms with Gasteiger partial charge >= 0.3 is 0 Å². The molecule has 150 valence electrons. The standard InChI is InChI=1S/C20H22Cl2N2O3S/c1-14-10-18(22)7-8-19(14)23-20(25)16-5-3-9-24(12-16)28(26,27)13-15-4-2-6-17(21)11-15/h2,4,6-8,10-11,16H,3,5,9,12-13H2,1H3,(H,23,25)/t16-/m1/s1. The number of piperidine rings is 1. The van der Waals surface area contributed by atoms with Gasteiger partial charge in [0.25, 0.3) is 0 Å². The highest BCUT2D eigenvalue weighted by Gasteiger charge is 2.32. The van der Waals surface area contributed by atoms with Gasteiger partial charge in [0.2, 0.25) is 15.9 Å². The van der Waals surface area contributed by atoms with E-state index in [4.69, 9.17) is 23.2 Å². The molecule has 0 unspecified atom stereocenters. The molecule has 0 spiro atoms. The first-order valence-corrected chi connectivity index (χ1v) is 11.4. The van der Waals surface area contributed by atoms with Crippen LogP contribution in [0, 0.1) is 12.8 Å². The molecule has 28 heavy (non-hydrogen) atoms. The lowest BCUT2D eigenvalue weighted by atomic mass is 9.98. The number of nitrogens with zero attached hydrogens (tertiary/aromatic N) is 1. The summed E-state index contributed by atoms with van der Waals surface area (Å²) in [6.45, 7) is 2.47. The Balaban J connectivity index is 1.68. The van der Waals surface area contributed by atoms with Crippen molar-refractivity contribution in [2.45, 2.75) is 25.5 Å². The van der Waals surface area contributed by atoms with Gasteiger partial charge in [-0.05, 0) is 61.2 Å². The Bertz CT molecular complexity index is 979. The van der Waals surface area contributed by atoms with E-state index >= 15 is 0 Å². The van der Waals surface area contributed by atoms with Gasteiger partial charge in [0.1, 0.15) is 0 Å². The summed E-state index contributed by atoms with van der Waals surface area (Å²) in [6, 6.07) is 12.1. The van der Waals surface area contributed by atoms with Crippen molar-refractivity contribution in [3.05, 3.63) is 63.6 Å². The molecule has 8 heteroatoms. The highest BCUT2D eigenvalue weighted by Crippen LogP contribution is 2.25. The number of carbonyl (C=O) groups excluding carboxylic acids is 1. The topological polar surface area (TPSA) is 66.5 Å². The highest BCUT2D eigenvalue weighted by atomic mass is 35.5. The molecule has 2 aromatic carbocycles. The Labute approximate surface area is 175 Å². The Morgan fingerprint density at radius 3 is 2.64 bits per heavy atom. The fourth-order valence-electron chi connectivity index (χ4n) is 3.34. The third-order valence-corrected chi connectivity index (χ3v) is 7.12. The summed E-state index contributed by atoms with van der Waals surface area (Å²) in [7, 11) is -3.53. The zero-order valence-electron chi connectivity index (χ0n) is 15.5. The number of hydrogen-bond donors (Lipinski definition) is 1. The molecule has 1 aliphatic rings.